The molecule has 0 heterocycles. The molecule has 0 saturated heterocycles. The summed E-state index contributed by atoms with van der Waals surface area (Å²) in [6, 6.07) is 0. The topological polar surface area (TPSA) is 20.2 Å². The molecule has 0 atom stereocenters. The van der Waals surface area contributed by atoms with Gasteiger partial charge >= 0.3 is 0 Å². The number of hydrogen-bond acceptors (Lipinski definition) is 1. The summed E-state index contributed by atoms with van der Waals surface area (Å²) >= 11 is 0. The summed E-state index contributed by atoms with van der Waals surface area (Å²) in [5.41, 5.74) is 0. The standard InChI is InChI=1S/C5H14NO/c1-6(2,3)4-5-7/h7H,4-5H2,1-3H3/q+1/i5+2. The summed E-state index contributed by atoms with van der Waals surface area (Å²) in [4.78, 5) is 0. The van der Waals surface area contributed by atoms with Gasteiger partial charge in [-0.25, -0.2) is 0 Å². The first-order chi connectivity index (χ1) is 3.06. The van der Waals surface area contributed by atoms with Crippen LogP contribution in [-0.4, -0.2) is 43.9 Å². The monoisotopic (exact) mass is 106 g/mol. The number of aliphatic hydroxyl groups is 1. The average molecular weight is 106 g/mol. The van der Waals surface area contributed by atoms with Crippen LogP contribution in [0, 0.1) is 0 Å². The lowest BCUT2D eigenvalue weighted by Crippen LogP contribution is -2.36. The molecule has 0 aliphatic rings. The van der Waals surface area contributed by atoms with E-state index < -0.39 is 0 Å². The number of rotatable bonds is 2. The molecular weight excluding hydrogens is 92.1 g/mol. The van der Waals surface area contributed by atoms with Gasteiger partial charge in [-0.2, -0.15) is 0 Å². The van der Waals surface area contributed by atoms with E-state index in [4.69, 9.17) is 5.11 Å². The van der Waals surface area contributed by atoms with Gasteiger partial charge in [0.15, 0.2) is 0 Å². The van der Waals surface area contributed by atoms with Crippen molar-refractivity contribution in [2.45, 2.75) is 0 Å². The van der Waals surface area contributed by atoms with Crippen molar-refractivity contribution < 1.29 is 9.59 Å². The summed E-state index contributed by atoms with van der Waals surface area (Å²) in [6.45, 7) is 1.11. The Bertz CT molecular complexity index is 46.5. The molecule has 2 nitrogen and oxygen atoms in total. The normalized spacial score (nSPS) is 12.0. The molecule has 2 heteroatoms. The third kappa shape index (κ3) is 5.92. The second kappa shape index (κ2) is 2.28. The Morgan fingerprint density at radius 1 is 1.43 bits per heavy atom. The highest BCUT2D eigenvalue weighted by atomic mass is 16.5. The Morgan fingerprint density at radius 3 is 1.86 bits per heavy atom. The zero-order valence-corrected chi connectivity index (χ0v) is 5.31. The molecule has 1 N–H and O–H groups in total. The highest BCUT2D eigenvalue weighted by Gasteiger charge is 2.02. The van der Waals surface area contributed by atoms with Gasteiger partial charge in [0, 0.05) is 0 Å². The first-order valence-electron chi connectivity index (χ1n) is 2.47. The average Bonchev–Trinajstić information content (AvgIpc) is 1.30. The number of hydrogen-bond donors (Lipinski definition) is 1. The molecule has 0 aliphatic heterocycles. The van der Waals surface area contributed by atoms with E-state index in [0.717, 1.165) is 11.0 Å². The van der Waals surface area contributed by atoms with Gasteiger partial charge in [-0.3, -0.25) is 0 Å². The van der Waals surface area contributed by atoms with Crippen molar-refractivity contribution in [3.05, 3.63) is 0 Å². The van der Waals surface area contributed by atoms with Gasteiger partial charge in [0.05, 0.1) is 27.7 Å². The molecule has 7 heavy (non-hydrogen) atoms. The smallest absolute Gasteiger partial charge is 0.101 e. The van der Waals surface area contributed by atoms with E-state index >= 15 is 0 Å². The van der Waals surface area contributed by atoms with Crippen molar-refractivity contribution in [2.75, 3.05) is 34.3 Å². The maximum Gasteiger partial charge on any atom is 0.101 e. The van der Waals surface area contributed by atoms with E-state index in [9.17, 15) is 0 Å². The van der Waals surface area contributed by atoms with Crippen LogP contribution in [0.4, 0.5) is 0 Å². The molecule has 0 radical (unpaired) electrons. The van der Waals surface area contributed by atoms with Crippen LogP contribution in [0.15, 0.2) is 0 Å². The number of quaternary nitrogens is 1. The molecule has 0 spiro atoms. The highest BCUT2D eigenvalue weighted by molar-refractivity contribution is 4.19. The van der Waals surface area contributed by atoms with Crippen molar-refractivity contribution in [3.8, 4) is 0 Å². The fourth-order valence-corrected chi connectivity index (χ4v) is 0.300. The SMILES string of the molecule is C[N+](C)(C)C[14CH2]O. The molecule has 0 aliphatic carbocycles. The largest absolute Gasteiger partial charge is 0.391 e. The maximum absolute atomic E-state index is 8.39. The van der Waals surface area contributed by atoms with E-state index in [1.54, 1.807) is 0 Å². The van der Waals surface area contributed by atoms with Gasteiger partial charge < -0.3 is 9.59 Å². The summed E-state index contributed by atoms with van der Waals surface area (Å²) in [6.07, 6.45) is 0. The van der Waals surface area contributed by atoms with Crippen molar-refractivity contribution in [1.29, 1.82) is 0 Å². The van der Waals surface area contributed by atoms with Crippen molar-refractivity contribution in [3.63, 3.8) is 0 Å². The summed E-state index contributed by atoms with van der Waals surface area (Å²) < 4.78 is 0.844. The van der Waals surface area contributed by atoms with Crippen LogP contribution in [-0.2, 0) is 0 Å². The van der Waals surface area contributed by atoms with Crippen LogP contribution in [0.3, 0.4) is 0 Å². The Kier molecular flexibility index (Phi) is 2.26. The van der Waals surface area contributed by atoms with Crippen LogP contribution in [0.5, 0.6) is 0 Å². The van der Waals surface area contributed by atoms with E-state index in [-0.39, 0.29) is 6.61 Å². The molecule has 0 rings (SSSR count). The fourth-order valence-electron chi connectivity index (χ4n) is 0.300. The first-order valence-corrected chi connectivity index (χ1v) is 2.47. The number of nitrogens with zero attached hydrogens (tertiary/aromatic N) is 1. The lowest BCUT2D eigenvalue weighted by atomic mass is 10.7. The summed E-state index contributed by atoms with van der Waals surface area (Å²) in [7, 11) is 6.16. The predicted molar refractivity (Wildman–Crippen MR) is 30.0 cm³/mol. The summed E-state index contributed by atoms with van der Waals surface area (Å²) in [5, 5.41) is 8.39. The fraction of sp³-hybridized carbons (Fsp3) is 1.00. The molecule has 0 amide bonds. The Balaban J connectivity index is 3.15. The Labute approximate surface area is 45.0 Å². The van der Waals surface area contributed by atoms with Crippen molar-refractivity contribution in [2.24, 2.45) is 0 Å². The Hall–Kier alpha value is -0.0800. The predicted octanol–water partition coefficient (Wildman–Crippen LogP) is -0.315. The molecular formula is C5H14NO+. The lowest BCUT2D eigenvalue weighted by molar-refractivity contribution is -0.870. The van der Waals surface area contributed by atoms with Gasteiger partial charge in [0.25, 0.3) is 0 Å². The summed E-state index contributed by atoms with van der Waals surface area (Å²) in [5.74, 6) is 0. The second-order valence-corrected chi connectivity index (χ2v) is 2.74. The minimum absolute atomic E-state index is 0.281. The van der Waals surface area contributed by atoms with Crippen LogP contribution in [0.1, 0.15) is 0 Å². The van der Waals surface area contributed by atoms with Gasteiger partial charge in [0.2, 0.25) is 0 Å². The van der Waals surface area contributed by atoms with E-state index in [1.165, 1.54) is 0 Å². The third-order valence-electron chi connectivity index (χ3n) is 0.771. The zero-order chi connectivity index (χ0) is 5.91. The quantitative estimate of drug-likeness (QED) is 0.478. The van der Waals surface area contributed by atoms with Crippen LogP contribution in [0.2, 0.25) is 0 Å². The molecule has 0 saturated carbocycles. The van der Waals surface area contributed by atoms with Crippen molar-refractivity contribution in [1.82, 2.24) is 0 Å². The molecule has 0 aromatic carbocycles. The van der Waals surface area contributed by atoms with Gasteiger partial charge in [0.1, 0.15) is 6.54 Å². The molecule has 0 aromatic heterocycles. The zero-order valence-electron chi connectivity index (χ0n) is 5.31. The second-order valence-electron chi connectivity index (χ2n) is 2.74. The third-order valence-corrected chi connectivity index (χ3v) is 0.771. The van der Waals surface area contributed by atoms with Gasteiger partial charge in [-0.15, -0.1) is 0 Å². The first kappa shape index (κ1) is 6.92. The molecule has 0 unspecified atom stereocenters. The van der Waals surface area contributed by atoms with Crippen LogP contribution >= 0.6 is 0 Å². The minimum atomic E-state index is 0.281. The maximum atomic E-state index is 8.39. The van der Waals surface area contributed by atoms with E-state index in [0.29, 0.717) is 0 Å². The number of likely N-dealkylation sites (N-methyl/N-ethyl adjacent to an activating group) is 1. The molecule has 0 fully saturated rings. The van der Waals surface area contributed by atoms with Crippen LogP contribution < -0.4 is 0 Å². The van der Waals surface area contributed by atoms with Gasteiger partial charge in [-0.05, 0) is 0 Å². The van der Waals surface area contributed by atoms with Gasteiger partial charge in [-0.1, -0.05) is 0 Å². The Morgan fingerprint density at radius 2 is 1.86 bits per heavy atom. The number of aliphatic hydroxyl groups excluding tert-OH is 1. The lowest BCUT2D eigenvalue weighted by Gasteiger charge is -2.21. The van der Waals surface area contributed by atoms with E-state index in [1.807, 2.05) is 0 Å². The van der Waals surface area contributed by atoms with E-state index in [2.05, 4.69) is 21.1 Å². The minimum Gasteiger partial charge on any atom is -0.391 e. The highest BCUT2D eigenvalue weighted by Crippen LogP contribution is 1.84. The molecule has 44 valence electrons. The molecule has 0 bridgehead atoms. The molecule has 0 aromatic rings. The van der Waals surface area contributed by atoms with Crippen molar-refractivity contribution >= 4 is 0 Å². The van der Waals surface area contributed by atoms with Crippen LogP contribution in [0.25, 0.3) is 0 Å².